The molecular weight excluding hydrogens is 494 g/mol. The van der Waals surface area contributed by atoms with Crippen LogP contribution in [0, 0.1) is 0 Å². The molecule has 0 unspecified atom stereocenters. The van der Waals surface area contributed by atoms with E-state index in [1.807, 2.05) is 62.3 Å². The maximum atomic E-state index is 6.55. The highest BCUT2D eigenvalue weighted by molar-refractivity contribution is 7.02. The molecular formula is C21H51NO9Si3. The van der Waals surface area contributed by atoms with Crippen molar-refractivity contribution in [2.75, 3.05) is 66.0 Å². The molecule has 0 aromatic heterocycles. The van der Waals surface area contributed by atoms with Crippen molar-refractivity contribution in [1.29, 1.82) is 0 Å². The number of hydrogen-bond acceptors (Lipinski definition) is 10. The Bertz CT molecular complexity index is 404. The monoisotopic (exact) mass is 545 g/mol. The van der Waals surface area contributed by atoms with Gasteiger partial charge in [-0.2, -0.15) is 0 Å². The highest BCUT2D eigenvalue weighted by Crippen LogP contribution is 2.59. The summed E-state index contributed by atoms with van der Waals surface area (Å²) < 4.78 is 57.7. The van der Waals surface area contributed by atoms with E-state index in [-0.39, 0.29) is 6.54 Å². The van der Waals surface area contributed by atoms with Crippen LogP contribution in [0.15, 0.2) is 0 Å². The van der Waals surface area contributed by atoms with Crippen LogP contribution in [0.2, 0.25) is 4.28 Å². The van der Waals surface area contributed by atoms with Crippen molar-refractivity contribution < 1.29 is 39.8 Å². The standard InChI is InChI=1S/C21H51NO9Si3/c1-10-23-32(24-11-2,25-12-3)21(19-20-22,33(26-13-4,27-14-5)28-15-6)34(29-16-7,30-17-8)31-18-9/h10-20,22H2,1-9H3. The molecule has 0 rings (SSSR count). The fourth-order valence-electron chi connectivity index (χ4n) is 4.43. The molecule has 206 valence electrons. The van der Waals surface area contributed by atoms with Gasteiger partial charge in [-0.1, -0.05) is 0 Å². The predicted molar refractivity (Wildman–Crippen MR) is 138 cm³/mol. The highest BCUT2D eigenvalue weighted by atomic mass is 28.5. The number of nitrogens with two attached hydrogens (primary N) is 1. The fourth-order valence-corrected chi connectivity index (χ4v) is 20.6. The van der Waals surface area contributed by atoms with Gasteiger partial charge in [-0.25, -0.2) is 0 Å². The summed E-state index contributed by atoms with van der Waals surface area (Å²) in [5.74, 6) is 0. The zero-order valence-electron chi connectivity index (χ0n) is 23.0. The minimum atomic E-state index is -3.80. The first-order valence-corrected chi connectivity index (χ1v) is 18.0. The van der Waals surface area contributed by atoms with E-state index >= 15 is 0 Å². The molecule has 0 aliphatic carbocycles. The third-order valence-electron chi connectivity index (χ3n) is 5.10. The fraction of sp³-hybridized carbons (Fsp3) is 1.00. The Kier molecular flexibility index (Phi) is 17.8. The van der Waals surface area contributed by atoms with Crippen molar-refractivity contribution in [2.24, 2.45) is 5.73 Å². The first-order chi connectivity index (χ1) is 16.4. The second kappa shape index (κ2) is 17.7. The molecule has 0 aliphatic heterocycles. The summed E-state index contributed by atoms with van der Waals surface area (Å²) >= 11 is 0. The van der Waals surface area contributed by atoms with Crippen molar-refractivity contribution in [2.45, 2.75) is 73.0 Å². The average molecular weight is 546 g/mol. The van der Waals surface area contributed by atoms with Gasteiger partial charge in [-0.3, -0.25) is 0 Å². The lowest BCUT2D eigenvalue weighted by Gasteiger charge is -2.55. The van der Waals surface area contributed by atoms with Gasteiger partial charge < -0.3 is 45.6 Å². The molecule has 0 saturated heterocycles. The smallest absolute Gasteiger partial charge is 0.373 e. The van der Waals surface area contributed by atoms with E-state index in [9.17, 15) is 0 Å². The lowest BCUT2D eigenvalue weighted by Crippen LogP contribution is -2.82. The maximum absolute atomic E-state index is 6.55. The first kappa shape index (κ1) is 34.3. The molecule has 13 heteroatoms. The second-order valence-electron chi connectivity index (χ2n) is 7.01. The zero-order chi connectivity index (χ0) is 26.1. The summed E-state index contributed by atoms with van der Waals surface area (Å²) in [6, 6.07) is 0. The summed E-state index contributed by atoms with van der Waals surface area (Å²) in [5, 5.41) is 0. The average Bonchev–Trinajstić information content (AvgIpc) is 2.78. The van der Waals surface area contributed by atoms with E-state index in [4.69, 9.17) is 45.6 Å². The lowest BCUT2D eigenvalue weighted by atomic mass is 10.5. The quantitative estimate of drug-likeness (QED) is 0.192. The molecule has 0 bridgehead atoms. The minimum absolute atomic E-state index is 0.242. The van der Waals surface area contributed by atoms with Crippen LogP contribution in [0.4, 0.5) is 0 Å². The third kappa shape index (κ3) is 6.96. The van der Waals surface area contributed by atoms with Gasteiger partial charge in [0.1, 0.15) is 0 Å². The van der Waals surface area contributed by atoms with Crippen LogP contribution < -0.4 is 5.73 Å². The topological polar surface area (TPSA) is 109 Å². The van der Waals surface area contributed by atoms with Crippen molar-refractivity contribution in [3.8, 4) is 0 Å². The molecule has 0 fully saturated rings. The Morgan fingerprint density at radius 2 is 0.588 bits per heavy atom. The predicted octanol–water partition coefficient (Wildman–Crippen LogP) is 3.30. The summed E-state index contributed by atoms with van der Waals surface area (Å²) in [4.78, 5) is 0. The van der Waals surface area contributed by atoms with Crippen LogP contribution in [0.3, 0.4) is 0 Å². The van der Waals surface area contributed by atoms with Gasteiger partial charge in [0.05, 0.1) is 0 Å². The van der Waals surface area contributed by atoms with Gasteiger partial charge in [-0.05, 0) is 75.3 Å². The highest BCUT2D eigenvalue weighted by Gasteiger charge is 2.89. The van der Waals surface area contributed by atoms with Gasteiger partial charge >= 0.3 is 26.4 Å². The molecule has 0 aliphatic rings. The molecule has 0 heterocycles. The summed E-state index contributed by atoms with van der Waals surface area (Å²) in [6.45, 7) is 20.4. The Hall–Kier alpha value is 0.251. The van der Waals surface area contributed by atoms with Crippen LogP contribution in [0.25, 0.3) is 0 Å². The Labute approximate surface area is 211 Å². The van der Waals surface area contributed by atoms with E-state index in [2.05, 4.69) is 0 Å². The summed E-state index contributed by atoms with van der Waals surface area (Å²) in [6.07, 6.45) is 0.303. The molecule has 0 amide bonds. The Balaban J connectivity index is 8.04. The maximum Gasteiger partial charge on any atom is 0.516 e. The first-order valence-electron chi connectivity index (χ1n) is 12.8. The molecule has 0 atom stereocenters. The normalized spacial score (nSPS) is 13.6. The van der Waals surface area contributed by atoms with E-state index < -0.39 is 30.7 Å². The molecule has 0 saturated carbocycles. The minimum Gasteiger partial charge on any atom is -0.373 e. The van der Waals surface area contributed by atoms with E-state index in [0.29, 0.717) is 65.9 Å². The molecule has 2 N–H and O–H groups in total. The number of hydrogen-bond donors (Lipinski definition) is 1. The largest absolute Gasteiger partial charge is 0.516 e. The Morgan fingerprint density at radius 3 is 0.706 bits per heavy atom. The van der Waals surface area contributed by atoms with Gasteiger partial charge in [0.25, 0.3) is 0 Å². The molecule has 0 aromatic rings. The van der Waals surface area contributed by atoms with Crippen LogP contribution in [0.5, 0.6) is 0 Å². The van der Waals surface area contributed by atoms with Crippen LogP contribution >= 0.6 is 0 Å². The molecule has 0 aromatic carbocycles. The van der Waals surface area contributed by atoms with Gasteiger partial charge in [0.2, 0.25) is 0 Å². The van der Waals surface area contributed by atoms with Crippen LogP contribution in [-0.4, -0.2) is 92.4 Å². The Morgan fingerprint density at radius 1 is 0.412 bits per heavy atom. The molecule has 0 radical (unpaired) electrons. The lowest BCUT2D eigenvalue weighted by molar-refractivity contribution is -0.0120. The van der Waals surface area contributed by atoms with Crippen LogP contribution in [-0.2, 0) is 39.8 Å². The molecule has 10 nitrogen and oxygen atoms in total. The van der Waals surface area contributed by atoms with Crippen molar-refractivity contribution in [1.82, 2.24) is 0 Å². The van der Waals surface area contributed by atoms with Gasteiger partial charge in [0.15, 0.2) is 4.28 Å². The molecule has 0 spiro atoms. The van der Waals surface area contributed by atoms with E-state index in [1.54, 1.807) is 0 Å². The van der Waals surface area contributed by atoms with E-state index in [1.165, 1.54) is 0 Å². The number of rotatable bonds is 23. The van der Waals surface area contributed by atoms with Crippen molar-refractivity contribution >= 4 is 26.4 Å². The van der Waals surface area contributed by atoms with Gasteiger partial charge in [0, 0.05) is 59.5 Å². The third-order valence-corrected chi connectivity index (χ3v) is 20.5. The SMILES string of the molecule is CCO[Si](OCC)(OCC)C(CCN)([Si](OCC)(OCC)OCC)[Si](OCC)(OCC)OCC. The van der Waals surface area contributed by atoms with Gasteiger partial charge in [-0.15, -0.1) is 0 Å². The second-order valence-corrected chi connectivity index (χ2v) is 17.0. The van der Waals surface area contributed by atoms with E-state index in [0.717, 1.165) is 0 Å². The molecule has 34 heavy (non-hydrogen) atoms. The summed E-state index contributed by atoms with van der Waals surface area (Å²) in [5.41, 5.74) is 6.34. The van der Waals surface area contributed by atoms with Crippen LogP contribution in [0.1, 0.15) is 68.7 Å². The summed E-state index contributed by atoms with van der Waals surface area (Å²) in [7, 11) is -11.4. The zero-order valence-corrected chi connectivity index (χ0v) is 26.0. The van der Waals surface area contributed by atoms with Crippen molar-refractivity contribution in [3.63, 3.8) is 0 Å². The van der Waals surface area contributed by atoms with Crippen molar-refractivity contribution in [3.05, 3.63) is 0 Å².